The van der Waals surface area contributed by atoms with Crippen LogP contribution in [0, 0.1) is 16.7 Å². The maximum Gasteiger partial charge on any atom is 0.291 e. The van der Waals surface area contributed by atoms with Gasteiger partial charge in [-0.1, -0.05) is 11.6 Å². The van der Waals surface area contributed by atoms with Gasteiger partial charge < -0.3 is 9.84 Å². The predicted molar refractivity (Wildman–Crippen MR) is 87.9 cm³/mol. The monoisotopic (exact) mass is 341 g/mol. The summed E-state index contributed by atoms with van der Waals surface area (Å²) in [4.78, 5) is 17.7. The molecule has 0 aliphatic carbocycles. The second-order valence-electron chi connectivity index (χ2n) is 4.75. The summed E-state index contributed by atoms with van der Waals surface area (Å²) in [6, 6.07) is 8.45. The van der Waals surface area contributed by atoms with Crippen LogP contribution in [0.5, 0.6) is 17.2 Å². The van der Waals surface area contributed by atoms with E-state index in [1.54, 1.807) is 6.07 Å². The Bertz CT molecular complexity index is 1010. The Morgan fingerprint density at radius 2 is 2.08 bits per heavy atom. The number of hydrogen-bond acceptors (Lipinski definition) is 5. The smallest absolute Gasteiger partial charge is 0.291 e. The molecule has 7 nitrogen and oxygen atoms in total. The summed E-state index contributed by atoms with van der Waals surface area (Å²) in [5.41, 5.74) is 0.218. The maximum absolute atomic E-state index is 11.0. The molecule has 8 heteroatoms. The fourth-order valence-electron chi connectivity index (χ4n) is 2.15. The number of nitro benzene ring substituents is 1. The van der Waals surface area contributed by atoms with Crippen LogP contribution in [-0.4, -0.2) is 15.0 Å². The molecule has 1 heterocycles. The Labute approximate surface area is 140 Å². The van der Waals surface area contributed by atoms with Gasteiger partial charge in [-0.3, -0.25) is 15.1 Å². The molecule has 0 saturated heterocycles. The lowest BCUT2D eigenvalue weighted by atomic mass is 10.1. The Kier molecular flexibility index (Phi) is 3.90. The summed E-state index contributed by atoms with van der Waals surface area (Å²) in [5.74, 6) is 0.391. The molecule has 0 aliphatic rings. The minimum Gasteiger partial charge on any atom is -0.519 e. The molecular weight excluding hydrogens is 334 g/mol. The minimum atomic E-state index is -0.602. The third-order valence-corrected chi connectivity index (χ3v) is 3.58. The molecule has 0 bridgehead atoms. The average molecular weight is 342 g/mol. The quantitative estimate of drug-likeness (QED) is 0.418. The van der Waals surface area contributed by atoms with Crippen molar-refractivity contribution in [2.24, 2.45) is 0 Å². The van der Waals surface area contributed by atoms with E-state index in [0.29, 0.717) is 16.7 Å². The number of benzene rings is 2. The highest BCUT2D eigenvalue weighted by Crippen LogP contribution is 2.37. The third-order valence-electron chi connectivity index (χ3n) is 3.26. The normalized spacial score (nSPS) is 10.3. The van der Waals surface area contributed by atoms with Crippen LogP contribution in [0.1, 0.15) is 0 Å². The topological polar surface area (TPSA) is 89.9 Å². The summed E-state index contributed by atoms with van der Waals surface area (Å²) in [6.07, 6.45) is 1.47. The number of phenolic OH excluding ortho intramolecular Hbond substituents is 1. The number of fused-ring (bicyclic) bond motifs is 1. The van der Waals surface area contributed by atoms with Crippen molar-refractivity contribution in [3.8, 4) is 17.2 Å². The summed E-state index contributed by atoms with van der Waals surface area (Å²) >= 11 is 5.78. The summed E-state index contributed by atoms with van der Waals surface area (Å²) in [7, 11) is 0. The molecule has 3 aromatic rings. The Morgan fingerprint density at radius 3 is 2.79 bits per heavy atom. The second-order valence-corrected chi connectivity index (χ2v) is 5.16. The van der Waals surface area contributed by atoms with E-state index in [1.165, 1.54) is 36.5 Å². The molecule has 3 rings (SSSR count). The van der Waals surface area contributed by atoms with Crippen molar-refractivity contribution < 1.29 is 14.8 Å². The number of halogens is 1. The van der Waals surface area contributed by atoms with Crippen molar-refractivity contribution in [3.05, 3.63) is 69.1 Å². The van der Waals surface area contributed by atoms with Gasteiger partial charge in [-0.05, 0) is 30.3 Å². The van der Waals surface area contributed by atoms with E-state index in [2.05, 4.69) is 9.83 Å². The Morgan fingerprint density at radius 1 is 1.29 bits per heavy atom. The highest BCUT2D eigenvalue weighted by molar-refractivity contribution is 6.32. The van der Waals surface area contributed by atoms with E-state index >= 15 is 0 Å². The lowest BCUT2D eigenvalue weighted by Crippen LogP contribution is -1.92. The van der Waals surface area contributed by atoms with E-state index in [4.69, 9.17) is 22.9 Å². The number of aromatic nitrogens is 1. The van der Waals surface area contributed by atoms with Crippen molar-refractivity contribution in [1.29, 1.82) is 0 Å². The van der Waals surface area contributed by atoms with E-state index in [1.807, 2.05) is 0 Å². The zero-order valence-corrected chi connectivity index (χ0v) is 12.7. The van der Waals surface area contributed by atoms with Gasteiger partial charge in [0.05, 0.1) is 23.1 Å². The van der Waals surface area contributed by atoms with Crippen LogP contribution in [0.3, 0.4) is 0 Å². The molecule has 0 atom stereocenters. The highest BCUT2D eigenvalue weighted by atomic mass is 35.5. The van der Waals surface area contributed by atoms with Gasteiger partial charge in [-0.15, -0.1) is 0 Å². The average Bonchev–Trinajstić information content (AvgIpc) is 2.56. The first-order valence-electron chi connectivity index (χ1n) is 6.60. The number of ether oxygens (including phenoxy) is 1. The van der Waals surface area contributed by atoms with Gasteiger partial charge in [0.2, 0.25) is 5.69 Å². The van der Waals surface area contributed by atoms with Crippen molar-refractivity contribution in [2.45, 2.75) is 0 Å². The van der Waals surface area contributed by atoms with E-state index in [0.717, 1.165) is 0 Å². The zero-order valence-electron chi connectivity index (χ0n) is 11.9. The van der Waals surface area contributed by atoms with Gasteiger partial charge >= 0.3 is 0 Å². The molecule has 0 saturated carbocycles. The van der Waals surface area contributed by atoms with Crippen LogP contribution >= 0.6 is 11.6 Å². The largest absolute Gasteiger partial charge is 0.519 e. The lowest BCUT2D eigenvalue weighted by molar-refractivity contribution is -0.384. The molecule has 24 heavy (non-hydrogen) atoms. The van der Waals surface area contributed by atoms with E-state index in [-0.39, 0.29) is 27.9 Å². The highest BCUT2D eigenvalue weighted by Gasteiger charge is 2.15. The molecule has 1 aromatic heterocycles. The van der Waals surface area contributed by atoms with Crippen molar-refractivity contribution >= 4 is 33.9 Å². The molecule has 0 aliphatic heterocycles. The number of hydrogen-bond donors (Lipinski definition) is 1. The van der Waals surface area contributed by atoms with Gasteiger partial charge in [0.25, 0.3) is 5.69 Å². The predicted octanol–water partition coefficient (Wildman–Crippen LogP) is 4.85. The fourth-order valence-corrected chi connectivity index (χ4v) is 2.33. The number of nitro groups is 1. The number of pyridine rings is 1. The summed E-state index contributed by atoms with van der Waals surface area (Å²) in [5, 5.41) is 21.2. The van der Waals surface area contributed by atoms with Crippen LogP contribution in [0.25, 0.3) is 15.7 Å². The van der Waals surface area contributed by atoms with Crippen LogP contribution in [0.2, 0.25) is 5.02 Å². The standard InChI is InChI=1S/C16H8ClN3O4/c1-18-13-7-10-12(8-15(13)21)19-5-4-16(10)24-9-2-3-11(17)14(6-9)20(22)23/h2-8,21H. The van der Waals surface area contributed by atoms with Crippen molar-refractivity contribution in [3.63, 3.8) is 0 Å². The molecular formula is C16H8ClN3O4. The Balaban J connectivity index is 2.09. The number of aromatic hydroxyl groups is 1. The van der Waals surface area contributed by atoms with Crippen LogP contribution in [0.15, 0.2) is 42.6 Å². The number of phenols is 1. The van der Waals surface area contributed by atoms with Crippen LogP contribution in [0.4, 0.5) is 11.4 Å². The van der Waals surface area contributed by atoms with Gasteiger partial charge in [0.15, 0.2) is 0 Å². The second kappa shape index (κ2) is 6.02. The number of nitrogens with zero attached hydrogens (tertiary/aromatic N) is 3. The fraction of sp³-hybridized carbons (Fsp3) is 0. The number of rotatable bonds is 3. The van der Waals surface area contributed by atoms with Crippen LogP contribution < -0.4 is 4.74 Å². The van der Waals surface area contributed by atoms with Gasteiger partial charge in [-0.25, -0.2) is 4.85 Å². The first-order valence-corrected chi connectivity index (χ1v) is 6.98. The SMILES string of the molecule is [C-]#[N+]c1cc2c(Oc3ccc(Cl)c([N+](=O)[O-])c3)ccnc2cc1O. The lowest BCUT2D eigenvalue weighted by Gasteiger charge is -2.10. The van der Waals surface area contributed by atoms with E-state index < -0.39 is 4.92 Å². The molecule has 0 fully saturated rings. The summed E-state index contributed by atoms with van der Waals surface area (Å²) < 4.78 is 5.69. The van der Waals surface area contributed by atoms with Gasteiger partial charge in [-0.2, -0.15) is 0 Å². The van der Waals surface area contributed by atoms with Gasteiger partial charge in [0.1, 0.15) is 22.3 Å². The molecule has 0 spiro atoms. The molecule has 0 amide bonds. The molecule has 0 radical (unpaired) electrons. The van der Waals surface area contributed by atoms with Crippen molar-refractivity contribution in [2.75, 3.05) is 0 Å². The molecule has 118 valence electrons. The van der Waals surface area contributed by atoms with Gasteiger partial charge in [0, 0.05) is 11.6 Å². The van der Waals surface area contributed by atoms with Crippen LogP contribution in [-0.2, 0) is 0 Å². The molecule has 2 aromatic carbocycles. The maximum atomic E-state index is 11.0. The molecule has 1 N–H and O–H groups in total. The summed E-state index contributed by atoms with van der Waals surface area (Å²) in [6.45, 7) is 7.06. The third kappa shape index (κ3) is 2.78. The Hall–Kier alpha value is -3.37. The molecule has 0 unspecified atom stereocenters. The minimum absolute atomic E-state index is 0.00662. The first-order chi connectivity index (χ1) is 11.5. The zero-order chi connectivity index (χ0) is 17.3. The first kappa shape index (κ1) is 15.5. The van der Waals surface area contributed by atoms with E-state index in [9.17, 15) is 15.2 Å². The van der Waals surface area contributed by atoms with Crippen molar-refractivity contribution in [1.82, 2.24) is 4.98 Å².